The van der Waals surface area contributed by atoms with Crippen molar-refractivity contribution in [1.29, 1.82) is 0 Å². The highest BCUT2D eigenvalue weighted by atomic mass is 16.5. The van der Waals surface area contributed by atoms with Crippen molar-refractivity contribution in [2.45, 2.75) is 34.1 Å². The summed E-state index contributed by atoms with van der Waals surface area (Å²) < 4.78 is 5.72. The summed E-state index contributed by atoms with van der Waals surface area (Å²) >= 11 is 0. The molecule has 0 saturated carbocycles. The van der Waals surface area contributed by atoms with Crippen LogP contribution in [0.3, 0.4) is 0 Å². The first kappa shape index (κ1) is 17.1. The third-order valence-electron chi connectivity index (χ3n) is 3.86. The lowest BCUT2D eigenvalue weighted by atomic mass is 10.0. The molecule has 2 aromatic rings. The van der Waals surface area contributed by atoms with Gasteiger partial charge in [-0.1, -0.05) is 41.5 Å². The summed E-state index contributed by atoms with van der Waals surface area (Å²) in [5, 5.41) is 2.91. The average molecular weight is 311 g/mol. The lowest BCUT2D eigenvalue weighted by molar-refractivity contribution is -0.120. The van der Waals surface area contributed by atoms with E-state index in [4.69, 9.17) is 4.74 Å². The fourth-order valence-corrected chi connectivity index (χ4v) is 2.59. The Morgan fingerprint density at radius 1 is 0.957 bits per heavy atom. The lowest BCUT2D eigenvalue weighted by Crippen LogP contribution is -2.29. The first-order valence-corrected chi connectivity index (χ1v) is 7.98. The van der Waals surface area contributed by atoms with Crippen molar-refractivity contribution in [1.82, 2.24) is 5.32 Å². The van der Waals surface area contributed by atoms with Crippen molar-refractivity contribution in [2.24, 2.45) is 0 Å². The number of ether oxygens (including phenoxy) is 1. The first-order valence-electron chi connectivity index (χ1n) is 7.98. The zero-order valence-corrected chi connectivity index (χ0v) is 14.4. The molecule has 2 aromatic carbocycles. The van der Waals surface area contributed by atoms with E-state index in [2.05, 4.69) is 31.3 Å². The van der Waals surface area contributed by atoms with Crippen LogP contribution in [0.15, 0.2) is 36.4 Å². The Kier molecular flexibility index (Phi) is 5.80. The number of carbonyl (C=O) groups excluding carboxylic acids is 1. The topological polar surface area (TPSA) is 38.3 Å². The van der Waals surface area contributed by atoms with Gasteiger partial charge in [-0.05, 0) is 50.5 Å². The summed E-state index contributed by atoms with van der Waals surface area (Å²) in [5.74, 6) is 0.903. The Morgan fingerprint density at radius 3 is 2.26 bits per heavy atom. The van der Waals surface area contributed by atoms with E-state index in [9.17, 15) is 4.79 Å². The Hall–Kier alpha value is -2.29. The Bertz CT molecular complexity index is 692. The second-order valence-electron chi connectivity index (χ2n) is 6.07. The van der Waals surface area contributed by atoms with E-state index >= 15 is 0 Å². The molecule has 0 spiro atoms. The third kappa shape index (κ3) is 5.13. The van der Waals surface area contributed by atoms with Crippen molar-refractivity contribution >= 4 is 5.91 Å². The second-order valence-corrected chi connectivity index (χ2v) is 6.07. The van der Waals surface area contributed by atoms with Gasteiger partial charge in [-0.15, -0.1) is 0 Å². The maximum atomic E-state index is 12.0. The molecule has 23 heavy (non-hydrogen) atoms. The van der Waals surface area contributed by atoms with Gasteiger partial charge in [0.05, 0.1) is 13.0 Å². The number of nitrogens with one attached hydrogen (secondary N) is 1. The molecule has 122 valence electrons. The molecule has 3 nitrogen and oxygen atoms in total. The van der Waals surface area contributed by atoms with Crippen LogP contribution < -0.4 is 10.1 Å². The van der Waals surface area contributed by atoms with E-state index in [0.717, 1.165) is 22.4 Å². The van der Waals surface area contributed by atoms with Crippen molar-refractivity contribution in [3.63, 3.8) is 0 Å². The number of hydrogen-bond donors (Lipinski definition) is 1. The molecule has 1 N–H and O–H groups in total. The molecule has 0 aliphatic heterocycles. The monoisotopic (exact) mass is 311 g/mol. The van der Waals surface area contributed by atoms with E-state index in [0.29, 0.717) is 19.6 Å². The van der Waals surface area contributed by atoms with Crippen molar-refractivity contribution in [2.75, 3.05) is 13.2 Å². The maximum Gasteiger partial charge on any atom is 0.224 e. The van der Waals surface area contributed by atoms with Crippen molar-refractivity contribution in [3.05, 3.63) is 64.2 Å². The normalized spacial score (nSPS) is 10.4. The van der Waals surface area contributed by atoms with E-state index in [-0.39, 0.29) is 5.91 Å². The van der Waals surface area contributed by atoms with Gasteiger partial charge in [0.1, 0.15) is 12.4 Å². The first-order chi connectivity index (χ1) is 11.0. The molecular formula is C20H25NO2. The predicted octanol–water partition coefficient (Wildman–Crippen LogP) is 3.66. The largest absolute Gasteiger partial charge is 0.491 e. The zero-order chi connectivity index (χ0) is 16.8. The van der Waals surface area contributed by atoms with Crippen LogP contribution in [-0.2, 0) is 11.2 Å². The number of benzene rings is 2. The molecule has 0 fully saturated rings. The summed E-state index contributed by atoms with van der Waals surface area (Å²) in [7, 11) is 0. The Balaban J connectivity index is 1.76. The standard InChI is InChI=1S/C20H25NO2/c1-14-5-7-18(16(3)11-14)13-20(22)21-9-10-23-19-8-6-15(2)12-17(19)4/h5-8,11-12H,9-10,13H2,1-4H3,(H,21,22). The van der Waals surface area contributed by atoms with Gasteiger partial charge in [0.25, 0.3) is 0 Å². The van der Waals surface area contributed by atoms with Crippen LogP contribution in [0.4, 0.5) is 0 Å². The van der Waals surface area contributed by atoms with Crippen LogP contribution in [0.2, 0.25) is 0 Å². The molecule has 0 aromatic heterocycles. The lowest BCUT2D eigenvalue weighted by Gasteiger charge is -2.11. The highest BCUT2D eigenvalue weighted by molar-refractivity contribution is 5.78. The van der Waals surface area contributed by atoms with Gasteiger partial charge >= 0.3 is 0 Å². The summed E-state index contributed by atoms with van der Waals surface area (Å²) in [6.07, 6.45) is 0.412. The predicted molar refractivity (Wildman–Crippen MR) is 94.0 cm³/mol. The van der Waals surface area contributed by atoms with Gasteiger partial charge in [-0.2, -0.15) is 0 Å². The minimum Gasteiger partial charge on any atom is -0.491 e. The minimum atomic E-state index is 0.0289. The van der Waals surface area contributed by atoms with E-state index in [1.807, 2.05) is 38.1 Å². The van der Waals surface area contributed by atoms with Crippen LogP contribution in [0, 0.1) is 27.7 Å². The SMILES string of the molecule is Cc1ccc(CC(=O)NCCOc2ccc(C)cc2C)c(C)c1. The Morgan fingerprint density at radius 2 is 1.61 bits per heavy atom. The van der Waals surface area contributed by atoms with Crippen LogP contribution in [-0.4, -0.2) is 19.1 Å². The van der Waals surface area contributed by atoms with Gasteiger partial charge in [0.15, 0.2) is 0 Å². The molecule has 3 heteroatoms. The number of carbonyl (C=O) groups is 1. The molecule has 0 heterocycles. The van der Waals surface area contributed by atoms with Gasteiger partial charge in [0.2, 0.25) is 5.91 Å². The highest BCUT2D eigenvalue weighted by Gasteiger charge is 2.06. The van der Waals surface area contributed by atoms with Crippen LogP contribution in [0.1, 0.15) is 27.8 Å². The number of hydrogen-bond acceptors (Lipinski definition) is 2. The van der Waals surface area contributed by atoms with Gasteiger partial charge < -0.3 is 10.1 Å². The molecule has 1 amide bonds. The molecule has 0 atom stereocenters. The Labute approximate surface area is 138 Å². The summed E-state index contributed by atoms with van der Waals surface area (Å²) in [5.41, 5.74) is 5.78. The smallest absolute Gasteiger partial charge is 0.224 e. The third-order valence-corrected chi connectivity index (χ3v) is 3.86. The molecular weight excluding hydrogens is 286 g/mol. The average Bonchev–Trinajstić information content (AvgIpc) is 2.48. The van der Waals surface area contributed by atoms with E-state index in [1.54, 1.807) is 0 Å². The molecule has 0 unspecified atom stereocenters. The highest BCUT2D eigenvalue weighted by Crippen LogP contribution is 2.18. The van der Waals surface area contributed by atoms with E-state index < -0.39 is 0 Å². The summed E-state index contributed by atoms with van der Waals surface area (Å²) in [6.45, 7) is 9.17. The maximum absolute atomic E-state index is 12.0. The number of aryl methyl sites for hydroxylation is 4. The van der Waals surface area contributed by atoms with Crippen LogP contribution in [0.5, 0.6) is 5.75 Å². The van der Waals surface area contributed by atoms with E-state index in [1.165, 1.54) is 11.1 Å². The zero-order valence-electron chi connectivity index (χ0n) is 14.4. The molecule has 2 rings (SSSR count). The number of amides is 1. The van der Waals surface area contributed by atoms with Gasteiger partial charge in [-0.3, -0.25) is 4.79 Å². The second kappa shape index (κ2) is 7.82. The minimum absolute atomic E-state index is 0.0289. The fourth-order valence-electron chi connectivity index (χ4n) is 2.59. The molecule has 0 saturated heterocycles. The van der Waals surface area contributed by atoms with Crippen molar-refractivity contribution < 1.29 is 9.53 Å². The van der Waals surface area contributed by atoms with Crippen LogP contribution in [0.25, 0.3) is 0 Å². The number of rotatable bonds is 6. The molecule has 0 aliphatic carbocycles. The molecule has 0 bridgehead atoms. The van der Waals surface area contributed by atoms with Gasteiger partial charge in [0, 0.05) is 0 Å². The fraction of sp³-hybridized carbons (Fsp3) is 0.350. The van der Waals surface area contributed by atoms with Crippen LogP contribution >= 0.6 is 0 Å². The van der Waals surface area contributed by atoms with Crippen molar-refractivity contribution in [3.8, 4) is 5.75 Å². The summed E-state index contributed by atoms with van der Waals surface area (Å²) in [4.78, 5) is 12.0. The molecule has 0 aliphatic rings. The summed E-state index contributed by atoms with van der Waals surface area (Å²) in [6, 6.07) is 12.3. The van der Waals surface area contributed by atoms with Gasteiger partial charge in [-0.25, -0.2) is 0 Å². The molecule has 0 radical (unpaired) electrons. The quantitative estimate of drug-likeness (QED) is 0.827.